The van der Waals surface area contributed by atoms with Crippen LogP contribution in [-0.4, -0.2) is 11.5 Å². The van der Waals surface area contributed by atoms with Crippen LogP contribution in [0.5, 0.6) is 0 Å². The molecule has 0 aliphatic heterocycles. The van der Waals surface area contributed by atoms with Gasteiger partial charge in [-0.1, -0.05) is 29.4 Å². The molecular formula is C11H10N4. The molecule has 0 aliphatic carbocycles. The Kier molecular flexibility index (Phi) is 2.81. The van der Waals surface area contributed by atoms with Gasteiger partial charge in [0, 0.05) is 22.5 Å². The molecule has 0 radical (unpaired) electrons. The van der Waals surface area contributed by atoms with Crippen LogP contribution < -0.4 is 0 Å². The van der Waals surface area contributed by atoms with Gasteiger partial charge < -0.3 is 0 Å². The molecule has 15 heavy (non-hydrogen) atoms. The summed E-state index contributed by atoms with van der Waals surface area (Å²) in [5.41, 5.74) is 10.1. The predicted octanol–water partition coefficient (Wildman–Crippen LogP) is 3.09. The summed E-state index contributed by atoms with van der Waals surface area (Å²) in [6, 6.07) is 12.0. The Morgan fingerprint density at radius 2 is 2.07 bits per heavy atom. The molecule has 0 atom stereocenters. The molecule has 2 aromatic rings. The van der Waals surface area contributed by atoms with E-state index in [2.05, 4.69) is 15.0 Å². The van der Waals surface area contributed by atoms with Crippen molar-refractivity contribution in [3.63, 3.8) is 0 Å². The molecule has 4 nitrogen and oxygen atoms in total. The summed E-state index contributed by atoms with van der Waals surface area (Å²) in [4.78, 5) is 7.17. The lowest BCUT2D eigenvalue weighted by Gasteiger charge is -2.00. The van der Waals surface area contributed by atoms with Crippen molar-refractivity contribution in [2.24, 2.45) is 5.11 Å². The molecule has 0 unspecified atom stereocenters. The van der Waals surface area contributed by atoms with Gasteiger partial charge in [-0.25, -0.2) is 0 Å². The SMILES string of the molecule is [N-]=[N+]=NCCc1ccc2ccccc2n1. The van der Waals surface area contributed by atoms with Crippen LogP contribution in [0.2, 0.25) is 0 Å². The van der Waals surface area contributed by atoms with E-state index in [-0.39, 0.29) is 0 Å². The Bertz CT molecular complexity index is 515. The highest BCUT2D eigenvalue weighted by Gasteiger charge is 1.96. The van der Waals surface area contributed by atoms with E-state index >= 15 is 0 Å². The van der Waals surface area contributed by atoms with Gasteiger partial charge in [-0.15, -0.1) is 0 Å². The number of nitrogens with zero attached hydrogens (tertiary/aromatic N) is 4. The molecule has 0 aliphatic rings. The van der Waals surface area contributed by atoms with Gasteiger partial charge in [-0.2, -0.15) is 0 Å². The smallest absolute Gasteiger partial charge is 0.0705 e. The first-order chi connectivity index (χ1) is 7.40. The molecule has 0 amide bonds. The third-order valence-corrected chi connectivity index (χ3v) is 2.19. The fourth-order valence-electron chi connectivity index (χ4n) is 1.46. The van der Waals surface area contributed by atoms with Crippen LogP contribution in [0.15, 0.2) is 41.5 Å². The number of benzene rings is 1. The number of pyridine rings is 1. The second kappa shape index (κ2) is 4.44. The van der Waals surface area contributed by atoms with E-state index < -0.39 is 0 Å². The Morgan fingerprint density at radius 1 is 1.20 bits per heavy atom. The molecule has 0 N–H and O–H groups in total. The molecule has 0 spiro atoms. The van der Waals surface area contributed by atoms with E-state index in [1.165, 1.54) is 0 Å². The van der Waals surface area contributed by atoms with Crippen molar-refractivity contribution in [1.82, 2.24) is 4.98 Å². The van der Waals surface area contributed by atoms with Crippen LogP contribution in [0.3, 0.4) is 0 Å². The molecule has 1 aromatic carbocycles. The number of fused-ring (bicyclic) bond motifs is 1. The number of azide groups is 1. The van der Waals surface area contributed by atoms with Crippen molar-refractivity contribution >= 4 is 10.9 Å². The minimum Gasteiger partial charge on any atom is -0.253 e. The average molecular weight is 198 g/mol. The summed E-state index contributed by atoms with van der Waals surface area (Å²) >= 11 is 0. The molecule has 4 heteroatoms. The maximum Gasteiger partial charge on any atom is 0.0705 e. The Morgan fingerprint density at radius 3 is 2.93 bits per heavy atom. The lowest BCUT2D eigenvalue weighted by Crippen LogP contribution is -1.92. The Hall–Kier alpha value is -2.06. The number of hydrogen-bond donors (Lipinski definition) is 0. The topological polar surface area (TPSA) is 61.7 Å². The first kappa shape index (κ1) is 9.49. The predicted molar refractivity (Wildman–Crippen MR) is 59.5 cm³/mol. The minimum absolute atomic E-state index is 0.460. The van der Waals surface area contributed by atoms with Crippen molar-refractivity contribution in [2.75, 3.05) is 6.54 Å². The zero-order valence-corrected chi connectivity index (χ0v) is 8.17. The van der Waals surface area contributed by atoms with Crippen molar-refractivity contribution < 1.29 is 0 Å². The van der Waals surface area contributed by atoms with E-state index in [1.54, 1.807) is 0 Å². The number of para-hydroxylation sites is 1. The van der Waals surface area contributed by atoms with E-state index in [0.29, 0.717) is 13.0 Å². The lowest BCUT2D eigenvalue weighted by atomic mass is 10.2. The highest BCUT2D eigenvalue weighted by Crippen LogP contribution is 2.11. The van der Waals surface area contributed by atoms with Gasteiger partial charge in [0.1, 0.15) is 0 Å². The van der Waals surface area contributed by atoms with Crippen LogP contribution in [0, 0.1) is 0 Å². The van der Waals surface area contributed by atoms with Gasteiger partial charge in [0.15, 0.2) is 0 Å². The summed E-state index contributed by atoms with van der Waals surface area (Å²) in [5.74, 6) is 0. The molecule has 0 fully saturated rings. The van der Waals surface area contributed by atoms with Crippen LogP contribution in [0.25, 0.3) is 21.3 Å². The van der Waals surface area contributed by atoms with E-state index in [0.717, 1.165) is 16.6 Å². The second-order valence-corrected chi connectivity index (χ2v) is 3.20. The molecule has 74 valence electrons. The highest BCUT2D eigenvalue weighted by molar-refractivity contribution is 5.78. The van der Waals surface area contributed by atoms with E-state index in [1.807, 2.05) is 36.4 Å². The maximum atomic E-state index is 8.15. The number of hydrogen-bond acceptors (Lipinski definition) is 2. The quantitative estimate of drug-likeness (QED) is 0.424. The Balaban J connectivity index is 2.26. The van der Waals surface area contributed by atoms with Crippen LogP contribution in [-0.2, 0) is 6.42 Å². The van der Waals surface area contributed by atoms with Gasteiger partial charge in [0.25, 0.3) is 0 Å². The van der Waals surface area contributed by atoms with Gasteiger partial charge in [-0.05, 0) is 24.1 Å². The zero-order chi connectivity index (χ0) is 10.5. The molecule has 0 saturated heterocycles. The van der Waals surface area contributed by atoms with E-state index in [9.17, 15) is 0 Å². The largest absolute Gasteiger partial charge is 0.253 e. The molecular weight excluding hydrogens is 188 g/mol. The van der Waals surface area contributed by atoms with Crippen molar-refractivity contribution in [3.05, 3.63) is 52.5 Å². The van der Waals surface area contributed by atoms with Gasteiger partial charge in [0.2, 0.25) is 0 Å². The lowest BCUT2D eigenvalue weighted by molar-refractivity contribution is 0.922. The molecule has 1 aromatic heterocycles. The summed E-state index contributed by atoms with van der Waals surface area (Å²) in [7, 11) is 0. The van der Waals surface area contributed by atoms with Gasteiger partial charge >= 0.3 is 0 Å². The van der Waals surface area contributed by atoms with Crippen molar-refractivity contribution in [3.8, 4) is 0 Å². The zero-order valence-electron chi connectivity index (χ0n) is 8.17. The standard InChI is InChI=1S/C11H10N4/c12-15-13-8-7-10-6-5-9-3-1-2-4-11(9)14-10/h1-6H,7-8H2. The fraction of sp³-hybridized carbons (Fsp3) is 0.182. The first-order valence-corrected chi connectivity index (χ1v) is 4.76. The van der Waals surface area contributed by atoms with Crippen molar-refractivity contribution in [1.29, 1.82) is 0 Å². The van der Waals surface area contributed by atoms with Crippen LogP contribution in [0.4, 0.5) is 0 Å². The normalized spacial score (nSPS) is 9.87. The van der Waals surface area contributed by atoms with Gasteiger partial charge in [0.05, 0.1) is 5.52 Å². The van der Waals surface area contributed by atoms with E-state index in [4.69, 9.17) is 5.53 Å². The first-order valence-electron chi connectivity index (χ1n) is 4.76. The summed E-state index contributed by atoms with van der Waals surface area (Å²) < 4.78 is 0. The molecule has 2 rings (SSSR count). The molecule has 1 heterocycles. The minimum atomic E-state index is 0.460. The summed E-state index contributed by atoms with van der Waals surface area (Å²) in [6.07, 6.45) is 0.689. The monoisotopic (exact) mass is 198 g/mol. The summed E-state index contributed by atoms with van der Waals surface area (Å²) in [6.45, 7) is 0.460. The van der Waals surface area contributed by atoms with Gasteiger partial charge in [-0.3, -0.25) is 4.98 Å². The third-order valence-electron chi connectivity index (χ3n) is 2.19. The summed E-state index contributed by atoms with van der Waals surface area (Å²) in [5, 5.41) is 4.62. The Labute approximate surface area is 87.2 Å². The number of rotatable bonds is 3. The number of aromatic nitrogens is 1. The third kappa shape index (κ3) is 2.24. The fourth-order valence-corrected chi connectivity index (χ4v) is 1.46. The van der Waals surface area contributed by atoms with Crippen molar-refractivity contribution in [2.45, 2.75) is 6.42 Å². The maximum absolute atomic E-state index is 8.15. The molecule has 0 saturated carbocycles. The highest BCUT2D eigenvalue weighted by atomic mass is 15.1. The average Bonchev–Trinajstić information content (AvgIpc) is 2.29. The van der Waals surface area contributed by atoms with Crippen LogP contribution in [0.1, 0.15) is 5.69 Å². The molecule has 0 bridgehead atoms. The second-order valence-electron chi connectivity index (χ2n) is 3.20. The van der Waals surface area contributed by atoms with Crippen LogP contribution >= 0.6 is 0 Å².